The number of carbonyl (C=O) groups is 2. The van der Waals surface area contributed by atoms with E-state index in [1.165, 1.54) is 24.0 Å². The van der Waals surface area contributed by atoms with Crippen LogP contribution in [0.1, 0.15) is 43.4 Å². The van der Waals surface area contributed by atoms with Crippen LogP contribution in [0.3, 0.4) is 0 Å². The molecule has 0 aromatic heterocycles. The fourth-order valence-electron chi connectivity index (χ4n) is 2.90. The number of benzene rings is 1. The van der Waals surface area contributed by atoms with Crippen molar-refractivity contribution < 1.29 is 9.59 Å². The molecular weight excluding hydrogens is 264 g/mol. The standard InChI is InChI=1S/C17H24N2O2/c1-12(2)19(11-16(18)20)17(21)10-13-7-8-14-5-3-4-6-15(14)9-13/h7-9,12H,3-6,10-11H2,1-2H3,(H2,18,20). The largest absolute Gasteiger partial charge is 0.368 e. The normalized spacial score (nSPS) is 13.9. The lowest BCUT2D eigenvalue weighted by Gasteiger charge is -2.25. The Morgan fingerprint density at radius 2 is 1.86 bits per heavy atom. The smallest absolute Gasteiger partial charge is 0.237 e. The first-order chi connectivity index (χ1) is 9.97. The van der Waals surface area contributed by atoms with E-state index in [1.54, 1.807) is 4.90 Å². The zero-order valence-corrected chi connectivity index (χ0v) is 12.9. The molecule has 1 aliphatic carbocycles. The molecule has 0 heterocycles. The minimum Gasteiger partial charge on any atom is -0.368 e. The van der Waals surface area contributed by atoms with E-state index in [9.17, 15) is 9.59 Å². The van der Waals surface area contributed by atoms with E-state index < -0.39 is 5.91 Å². The lowest BCUT2D eigenvalue weighted by molar-refractivity contribution is -0.136. The first-order valence-electron chi connectivity index (χ1n) is 7.66. The quantitative estimate of drug-likeness (QED) is 0.898. The Morgan fingerprint density at radius 3 is 2.48 bits per heavy atom. The second-order valence-corrected chi connectivity index (χ2v) is 6.07. The summed E-state index contributed by atoms with van der Waals surface area (Å²) in [5.41, 5.74) is 9.03. The van der Waals surface area contributed by atoms with Crippen molar-refractivity contribution in [1.29, 1.82) is 0 Å². The molecule has 1 aliphatic rings. The van der Waals surface area contributed by atoms with Gasteiger partial charge in [-0.05, 0) is 56.2 Å². The number of rotatable bonds is 5. The van der Waals surface area contributed by atoms with Crippen molar-refractivity contribution in [1.82, 2.24) is 4.90 Å². The molecule has 2 amide bonds. The average Bonchev–Trinajstić information content (AvgIpc) is 2.44. The van der Waals surface area contributed by atoms with Gasteiger partial charge in [-0.15, -0.1) is 0 Å². The summed E-state index contributed by atoms with van der Waals surface area (Å²) in [6.45, 7) is 3.78. The maximum atomic E-state index is 12.4. The van der Waals surface area contributed by atoms with Gasteiger partial charge in [-0.3, -0.25) is 9.59 Å². The third-order valence-electron chi connectivity index (χ3n) is 4.04. The summed E-state index contributed by atoms with van der Waals surface area (Å²) in [5, 5.41) is 0. The van der Waals surface area contributed by atoms with Crippen LogP contribution in [0.5, 0.6) is 0 Å². The number of carbonyl (C=O) groups excluding carboxylic acids is 2. The lowest BCUT2D eigenvalue weighted by Crippen LogP contribution is -2.43. The molecular formula is C17H24N2O2. The summed E-state index contributed by atoms with van der Waals surface area (Å²) in [4.78, 5) is 25.0. The van der Waals surface area contributed by atoms with Gasteiger partial charge in [0.25, 0.3) is 0 Å². The van der Waals surface area contributed by atoms with Gasteiger partial charge in [0.2, 0.25) is 11.8 Å². The Balaban J connectivity index is 2.09. The van der Waals surface area contributed by atoms with Crippen molar-refractivity contribution in [2.24, 2.45) is 5.73 Å². The molecule has 21 heavy (non-hydrogen) atoms. The van der Waals surface area contributed by atoms with Crippen LogP contribution in [0.25, 0.3) is 0 Å². The first kappa shape index (κ1) is 15.5. The Morgan fingerprint density at radius 1 is 1.19 bits per heavy atom. The molecule has 0 saturated carbocycles. The molecule has 114 valence electrons. The molecule has 0 fully saturated rings. The van der Waals surface area contributed by atoms with E-state index in [0.29, 0.717) is 6.42 Å². The van der Waals surface area contributed by atoms with E-state index in [1.807, 2.05) is 19.9 Å². The highest BCUT2D eigenvalue weighted by Gasteiger charge is 2.19. The summed E-state index contributed by atoms with van der Waals surface area (Å²) < 4.78 is 0. The lowest BCUT2D eigenvalue weighted by atomic mass is 9.90. The van der Waals surface area contributed by atoms with Gasteiger partial charge < -0.3 is 10.6 Å². The molecule has 1 aromatic rings. The monoisotopic (exact) mass is 288 g/mol. The predicted octanol–water partition coefficient (Wildman–Crippen LogP) is 1.83. The molecule has 0 aliphatic heterocycles. The summed E-state index contributed by atoms with van der Waals surface area (Å²) in [6, 6.07) is 6.30. The molecule has 1 aromatic carbocycles. The van der Waals surface area contributed by atoms with Crippen LogP contribution in [0.15, 0.2) is 18.2 Å². The summed E-state index contributed by atoms with van der Waals surface area (Å²) in [5.74, 6) is -0.512. The number of aryl methyl sites for hydroxylation is 2. The van der Waals surface area contributed by atoms with Gasteiger partial charge in [0.1, 0.15) is 0 Å². The third-order valence-corrected chi connectivity index (χ3v) is 4.04. The number of hydrogen-bond acceptors (Lipinski definition) is 2. The third kappa shape index (κ3) is 4.06. The number of fused-ring (bicyclic) bond motifs is 1. The zero-order chi connectivity index (χ0) is 15.4. The van der Waals surface area contributed by atoms with Crippen LogP contribution in [-0.2, 0) is 28.9 Å². The molecule has 0 bridgehead atoms. The Kier molecular flexibility index (Phi) is 4.99. The molecule has 0 radical (unpaired) electrons. The fraction of sp³-hybridized carbons (Fsp3) is 0.529. The second kappa shape index (κ2) is 6.74. The zero-order valence-electron chi connectivity index (χ0n) is 12.9. The van der Waals surface area contributed by atoms with E-state index in [-0.39, 0.29) is 18.5 Å². The van der Waals surface area contributed by atoms with Crippen LogP contribution in [0.4, 0.5) is 0 Å². The maximum Gasteiger partial charge on any atom is 0.237 e. The van der Waals surface area contributed by atoms with Gasteiger partial charge in [-0.1, -0.05) is 18.2 Å². The van der Waals surface area contributed by atoms with Gasteiger partial charge in [0.05, 0.1) is 13.0 Å². The van der Waals surface area contributed by atoms with Crippen molar-refractivity contribution in [2.75, 3.05) is 6.54 Å². The van der Waals surface area contributed by atoms with Crippen LogP contribution in [-0.4, -0.2) is 29.3 Å². The van der Waals surface area contributed by atoms with Crippen molar-refractivity contribution in [3.05, 3.63) is 34.9 Å². The highest BCUT2D eigenvalue weighted by molar-refractivity contribution is 5.85. The van der Waals surface area contributed by atoms with E-state index >= 15 is 0 Å². The van der Waals surface area contributed by atoms with Crippen LogP contribution < -0.4 is 5.73 Å². The van der Waals surface area contributed by atoms with Crippen molar-refractivity contribution in [2.45, 2.75) is 52.0 Å². The molecule has 2 rings (SSSR count). The second-order valence-electron chi connectivity index (χ2n) is 6.07. The fourth-order valence-corrected chi connectivity index (χ4v) is 2.90. The predicted molar refractivity (Wildman–Crippen MR) is 82.8 cm³/mol. The topological polar surface area (TPSA) is 63.4 Å². The molecule has 0 saturated heterocycles. The summed E-state index contributed by atoms with van der Waals surface area (Å²) in [6.07, 6.45) is 5.06. The Bertz CT molecular complexity index is 538. The van der Waals surface area contributed by atoms with E-state index in [0.717, 1.165) is 18.4 Å². The minimum absolute atomic E-state index is 0.0125. The van der Waals surface area contributed by atoms with Crippen LogP contribution >= 0.6 is 0 Å². The van der Waals surface area contributed by atoms with Crippen molar-refractivity contribution in [3.63, 3.8) is 0 Å². The summed E-state index contributed by atoms with van der Waals surface area (Å²) in [7, 11) is 0. The molecule has 0 unspecified atom stereocenters. The SMILES string of the molecule is CC(C)N(CC(N)=O)C(=O)Cc1ccc2c(c1)CCCC2. The van der Waals surface area contributed by atoms with Gasteiger partial charge in [-0.25, -0.2) is 0 Å². The minimum atomic E-state index is -0.470. The van der Waals surface area contributed by atoms with Crippen LogP contribution in [0.2, 0.25) is 0 Å². The number of hydrogen-bond donors (Lipinski definition) is 1. The molecule has 2 N–H and O–H groups in total. The molecule has 0 spiro atoms. The highest BCUT2D eigenvalue weighted by Crippen LogP contribution is 2.22. The molecule has 4 nitrogen and oxygen atoms in total. The highest BCUT2D eigenvalue weighted by atomic mass is 16.2. The maximum absolute atomic E-state index is 12.4. The van der Waals surface area contributed by atoms with E-state index in [4.69, 9.17) is 5.73 Å². The van der Waals surface area contributed by atoms with E-state index in [2.05, 4.69) is 12.1 Å². The number of nitrogens with zero attached hydrogens (tertiary/aromatic N) is 1. The Labute approximate surface area is 126 Å². The van der Waals surface area contributed by atoms with Gasteiger partial charge >= 0.3 is 0 Å². The van der Waals surface area contributed by atoms with Crippen LogP contribution in [0, 0.1) is 0 Å². The molecule has 4 heteroatoms. The number of nitrogens with two attached hydrogens (primary N) is 1. The number of amides is 2. The average molecular weight is 288 g/mol. The van der Waals surface area contributed by atoms with Crippen molar-refractivity contribution in [3.8, 4) is 0 Å². The van der Waals surface area contributed by atoms with Gasteiger partial charge in [0, 0.05) is 6.04 Å². The summed E-state index contributed by atoms with van der Waals surface area (Å²) >= 11 is 0. The Hall–Kier alpha value is -1.84. The number of primary amides is 1. The van der Waals surface area contributed by atoms with Crippen molar-refractivity contribution >= 4 is 11.8 Å². The molecule has 0 atom stereocenters. The van der Waals surface area contributed by atoms with Gasteiger partial charge in [0.15, 0.2) is 0 Å². The van der Waals surface area contributed by atoms with Gasteiger partial charge in [-0.2, -0.15) is 0 Å². The first-order valence-corrected chi connectivity index (χ1v) is 7.66.